The highest BCUT2D eigenvalue weighted by atomic mass is 35.5. The zero-order valence-corrected chi connectivity index (χ0v) is 13.0. The van der Waals surface area contributed by atoms with E-state index in [1.54, 1.807) is 24.3 Å². The summed E-state index contributed by atoms with van der Waals surface area (Å²) >= 11 is 0. The van der Waals surface area contributed by atoms with Crippen molar-refractivity contribution in [2.75, 3.05) is 18.4 Å². The second kappa shape index (κ2) is 6.54. The lowest BCUT2D eigenvalue weighted by Crippen LogP contribution is -2.33. The van der Waals surface area contributed by atoms with Gasteiger partial charge in [0.2, 0.25) is 0 Å². The molecule has 1 saturated carbocycles. The standard InChI is InChI=1S/C15H20N4O2.ClH/c16-13-5-4-10-7-19(8-12(10)13)14(20)9-2-1-3-11(6-9)18-15(17)21;/h1-3,6,10,12-13H,4-5,7-8,16H2,(H3,17,18,21);1H. The third-order valence-corrected chi connectivity index (χ3v) is 4.58. The summed E-state index contributed by atoms with van der Waals surface area (Å²) in [5, 5.41) is 2.49. The van der Waals surface area contributed by atoms with E-state index in [4.69, 9.17) is 11.5 Å². The Morgan fingerprint density at radius 2 is 2.00 bits per heavy atom. The predicted octanol–water partition coefficient (Wildman–Crippen LogP) is 1.41. The molecule has 120 valence electrons. The number of hydrogen-bond acceptors (Lipinski definition) is 3. The summed E-state index contributed by atoms with van der Waals surface area (Å²) in [6.07, 6.45) is 2.17. The summed E-state index contributed by atoms with van der Waals surface area (Å²) in [5.41, 5.74) is 12.3. The lowest BCUT2D eigenvalue weighted by molar-refractivity contribution is 0.0779. The van der Waals surface area contributed by atoms with Crippen molar-refractivity contribution in [1.29, 1.82) is 0 Å². The number of fused-ring (bicyclic) bond motifs is 1. The number of primary amides is 1. The molecule has 3 rings (SSSR count). The van der Waals surface area contributed by atoms with Gasteiger partial charge in [-0.05, 0) is 42.9 Å². The highest BCUT2D eigenvalue weighted by molar-refractivity contribution is 5.96. The molecule has 0 spiro atoms. The van der Waals surface area contributed by atoms with Gasteiger partial charge in [0.25, 0.3) is 5.91 Å². The van der Waals surface area contributed by atoms with Crippen molar-refractivity contribution in [3.63, 3.8) is 0 Å². The molecule has 1 aliphatic heterocycles. The first-order valence-corrected chi connectivity index (χ1v) is 7.26. The van der Waals surface area contributed by atoms with E-state index in [2.05, 4.69) is 5.32 Å². The quantitative estimate of drug-likeness (QED) is 0.766. The van der Waals surface area contributed by atoms with E-state index in [1.807, 2.05) is 4.90 Å². The zero-order valence-electron chi connectivity index (χ0n) is 12.2. The maximum absolute atomic E-state index is 12.6. The number of nitrogens with one attached hydrogen (secondary N) is 1. The lowest BCUT2D eigenvalue weighted by Gasteiger charge is -2.19. The molecule has 1 saturated heterocycles. The van der Waals surface area contributed by atoms with Gasteiger partial charge in [0.15, 0.2) is 0 Å². The number of carbonyl (C=O) groups is 2. The minimum absolute atomic E-state index is 0. The minimum atomic E-state index is -0.638. The largest absolute Gasteiger partial charge is 0.351 e. The molecule has 0 aromatic heterocycles. The van der Waals surface area contributed by atoms with Crippen LogP contribution in [0.2, 0.25) is 0 Å². The average Bonchev–Trinajstić information content (AvgIpc) is 3.00. The number of hydrogen-bond donors (Lipinski definition) is 3. The third-order valence-electron chi connectivity index (χ3n) is 4.58. The van der Waals surface area contributed by atoms with E-state index in [0.717, 1.165) is 25.9 Å². The Morgan fingerprint density at radius 1 is 1.23 bits per heavy atom. The van der Waals surface area contributed by atoms with Gasteiger partial charge < -0.3 is 21.7 Å². The Morgan fingerprint density at radius 3 is 2.68 bits per heavy atom. The molecule has 5 N–H and O–H groups in total. The van der Waals surface area contributed by atoms with Crippen LogP contribution < -0.4 is 16.8 Å². The van der Waals surface area contributed by atoms with Crippen molar-refractivity contribution in [1.82, 2.24) is 4.90 Å². The molecule has 3 atom stereocenters. The van der Waals surface area contributed by atoms with E-state index in [9.17, 15) is 9.59 Å². The first-order chi connectivity index (χ1) is 10.0. The van der Waals surface area contributed by atoms with Crippen molar-refractivity contribution in [3.8, 4) is 0 Å². The van der Waals surface area contributed by atoms with Crippen LogP contribution >= 0.6 is 12.4 Å². The maximum Gasteiger partial charge on any atom is 0.316 e. The monoisotopic (exact) mass is 324 g/mol. The van der Waals surface area contributed by atoms with Crippen molar-refractivity contribution < 1.29 is 9.59 Å². The lowest BCUT2D eigenvalue weighted by atomic mass is 9.98. The number of urea groups is 1. The van der Waals surface area contributed by atoms with E-state index in [1.165, 1.54) is 0 Å². The van der Waals surface area contributed by atoms with Gasteiger partial charge >= 0.3 is 6.03 Å². The van der Waals surface area contributed by atoms with Crippen molar-refractivity contribution in [2.45, 2.75) is 18.9 Å². The maximum atomic E-state index is 12.6. The molecule has 1 aliphatic carbocycles. The van der Waals surface area contributed by atoms with Gasteiger partial charge in [-0.2, -0.15) is 0 Å². The smallest absolute Gasteiger partial charge is 0.316 e. The Balaban J connectivity index is 0.00000176. The molecule has 2 aliphatic rings. The average molecular weight is 325 g/mol. The molecule has 1 heterocycles. The van der Waals surface area contributed by atoms with E-state index < -0.39 is 6.03 Å². The molecule has 0 radical (unpaired) electrons. The van der Waals surface area contributed by atoms with Crippen LogP contribution in [0.4, 0.5) is 10.5 Å². The molecular weight excluding hydrogens is 304 g/mol. The van der Waals surface area contributed by atoms with Gasteiger partial charge in [-0.3, -0.25) is 4.79 Å². The summed E-state index contributed by atoms with van der Waals surface area (Å²) in [6.45, 7) is 1.52. The number of anilines is 1. The summed E-state index contributed by atoms with van der Waals surface area (Å²) in [4.78, 5) is 25.3. The zero-order chi connectivity index (χ0) is 15.0. The van der Waals surface area contributed by atoms with Crippen LogP contribution in [-0.2, 0) is 0 Å². The Bertz CT molecular complexity index is 580. The topological polar surface area (TPSA) is 101 Å². The molecule has 3 unspecified atom stereocenters. The first-order valence-electron chi connectivity index (χ1n) is 7.26. The first kappa shape index (κ1) is 16.6. The van der Waals surface area contributed by atoms with Gasteiger partial charge in [-0.25, -0.2) is 4.79 Å². The molecule has 7 heteroatoms. The van der Waals surface area contributed by atoms with Gasteiger partial charge in [0.1, 0.15) is 0 Å². The molecule has 3 amide bonds. The van der Waals surface area contributed by atoms with Crippen LogP contribution in [0.25, 0.3) is 0 Å². The van der Waals surface area contributed by atoms with E-state index in [-0.39, 0.29) is 24.4 Å². The van der Waals surface area contributed by atoms with Crippen LogP contribution in [-0.4, -0.2) is 36.0 Å². The second-order valence-electron chi connectivity index (χ2n) is 5.95. The van der Waals surface area contributed by atoms with Crippen molar-refractivity contribution in [2.24, 2.45) is 23.3 Å². The number of rotatable bonds is 2. The van der Waals surface area contributed by atoms with Crippen LogP contribution in [0.15, 0.2) is 24.3 Å². The number of nitrogens with two attached hydrogens (primary N) is 2. The van der Waals surface area contributed by atoms with Crippen LogP contribution in [0, 0.1) is 11.8 Å². The fourth-order valence-electron chi connectivity index (χ4n) is 3.53. The molecule has 6 nitrogen and oxygen atoms in total. The second-order valence-corrected chi connectivity index (χ2v) is 5.95. The van der Waals surface area contributed by atoms with Crippen LogP contribution in [0.3, 0.4) is 0 Å². The Kier molecular flexibility index (Phi) is 4.93. The highest BCUT2D eigenvalue weighted by Crippen LogP contribution is 2.37. The summed E-state index contributed by atoms with van der Waals surface area (Å²) < 4.78 is 0. The van der Waals surface area contributed by atoms with E-state index >= 15 is 0 Å². The molecular formula is C15H21ClN4O2. The fraction of sp³-hybridized carbons (Fsp3) is 0.467. The Hall–Kier alpha value is -1.79. The van der Waals surface area contributed by atoms with Crippen LogP contribution in [0.1, 0.15) is 23.2 Å². The van der Waals surface area contributed by atoms with Crippen molar-refractivity contribution in [3.05, 3.63) is 29.8 Å². The number of halogens is 1. The molecule has 1 aromatic rings. The number of carbonyl (C=O) groups excluding carboxylic acids is 2. The summed E-state index contributed by atoms with van der Waals surface area (Å²) in [7, 11) is 0. The third kappa shape index (κ3) is 3.18. The molecule has 1 aromatic carbocycles. The SMILES string of the molecule is Cl.NC(=O)Nc1cccc(C(=O)N2CC3CCC(N)C3C2)c1. The van der Waals surface area contributed by atoms with Crippen molar-refractivity contribution >= 4 is 30.0 Å². The van der Waals surface area contributed by atoms with Gasteiger partial charge in [-0.15, -0.1) is 12.4 Å². The van der Waals surface area contributed by atoms with Gasteiger partial charge in [0, 0.05) is 30.4 Å². The minimum Gasteiger partial charge on any atom is -0.351 e. The number of amides is 3. The number of benzene rings is 1. The Labute approximate surface area is 135 Å². The van der Waals surface area contributed by atoms with Crippen LogP contribution in [0.5, 0.6) is 0 Å². The summed E-state index contributed by atoms with van der Waals surface area (Å²) in [6, 6.07) is 6.43. The molecule has 0 bridgehead atoms. The van der Waals surface area contributed by atoms with Gasteiger partial charge in [-0.1, -0.05) is 6.07 Å². The highest BCUT2D eigenvalue weighted by Gasteiger charge is 2.42. The number of nitrogens with zero attached hydrogens (tertiary/aromatic N) is 1. The van der Waals surface area contributed by atoms with Gasteiger partial charge in [0.05, 0.1) is 0 Å². The number of likely N-dealkylation sites (tertiary alicyclic amines) is 1. The fourth-order valence-corrected chi connectivity index (χ4v) is 3.53. The predicted molar refractivity (Wildman–Crippen MR) is 87.0 cm³/mol. The molecule has 2 fully saturated rings. The normalized spacial score (nSPS) is 26.2. The molecule has 22 heavy (non-hydrogen) atoms. The summed E-state index contributed by atoms with van der Waals surface area (Å²) in [5.74, 6) is 0.960. The van der Waals surface area contributed by atoms with E-state index in [0.29, 0.717) is 23.1 Å².